The largest absolute Gasteiger partial charge is 0.344 e. The Bertz CT molecular complexity index is 774. The molecule has 1 aliphatic rings. The summed E-state index contributed by atoms with van der Waals surface area (Å²) in [5.74, 6) is 0.815. The third kappa shape index (κ3) is 3.93. The van der Waals surface area contributed by atoms with Crippen LogP contribution < -0.4 is 0 Å². The highest BCUT2D eigenvalue weighted by Gasteiger charge is 2.21. The first kappa shape index (κ1) is 17.7. The maximum absolute atomic E-state index is 12.8. The Kier molecular flexibility index (Phi) is 5.23. The molecule has 1 saturated heterocycles. The molecular weight excluding hydrogens is 332 g/mol. The van der Waals surface area contributed by atoms with E-state index in [-0.39, 0.29) is 11.8 Å². The van der Waals surface area contributed by atoms with Gasteiger partial charge in [-0.05, 0) is 48.6 Å². The zero-order chi connectivity index (χ0) is 18.0. The molecule has 0 aliphatic carbocycles. The zero-order valence-corrected chi connectivity index (χ0v) is 15.8. The molecule has 25 heavy (non-hydrogen) atoms. The van der Waals surface area contributed by atoms with E-state index in [1.165, 1.54) is 11.3 Å². The van der Waals surface area contributed by atoms with Gasteiger partial charge in [-0.3, -0.25) is 9.59 Å². The molecule has 1 aromatic carbocycles. The molecule has 2 aromatic rings. The number of rotatable bonds is 3. The van der Waals surface area contributed by atoms with Crippen LogP contribution in [0.3, 0.4) is 0 Å². The predicted octanol–water partition coefficient (Wildman–Crippen LogP) is 3.99. The van der Waals surface area contributed by atoms with Crippen LogP contribution in [0.2, 0.25) is 0 Å². The molecule has 132 valence electrons. The average Bonchev–Trinajstić information content (AvgIpc) is 3.11. The minimum absolute atomic E-state index is 0.00548. The van der Waals surface area contributed by atoms with Crippen molar-refractivity contribution in [3.05, 3.63) is 46.8 Å². The minimum Gasteiger partial charge on any atom is -0.344 e. The number of thiophene rings is 1. The summed E-state index contributed by atoms with van der Waals surface area (Å²) < 4.78 is 0. The first-order chi connectivity index (χ1) is 12.0. The molecule has 1 aliphatic heterocycles. The third-order valence-corrected chi connectivity index (χ3v) is 5.81. The zero-order valence-electron chi connectivity index (χ0n) is 15.0. The van der Waals surface area contributed by atoms with Gasteiger partial charge in [-0.15, -0.1) is 11.3 Å². The number of nitrogens with zero attached hydrogens (tertiary/aromatic N) is 2. The Morgan fingerprint density at radius 2 is 1.84 bits per heavy atom. The van der Waals surface area contributed by atoms with Gasteiger partial charge < -0.3 is 9.80 Å². The summed E-state index contributed by atoms with van der Waals surface area (Å²) in [6, 6.07) is 11.5. The molecule has 2 amide bonds. The summed E-state index contributed by atoms with van der Waals surface area (Å²) in [7, 11) is 3.50. The van der Waals surface area contributed by atoms with E-state index in [9.17, 15) is 9.59 Å². The molecule has 3 rings (SSSR count). The number of likely N-dealkylation sites (tertiary alicyclic amines) is 1. The number of hydrogen-bond acceptors (Lipinski definition) is 3. The molecule has 1 aromatic heterocycles. The lowest BCUT2D eigenvalue weighted by Crippen LogP contribution is -2.37. The fraction of sp³-hybridized carbons (Fsp3) is 0.400. The SMILES string of the molecule is CC1CCN(C(=O)c2cccc(-c3ccc(C(=O)N(C)C)s3)c2)CC1. The van der Waals surface area contributed by atoms with E-state index in [4.69, 9.17) is 0 Å². The lowest BCUT2D eigenvalue weighted by molar-refractivity contribution is 0.0697. The van der Waals surface area contributed by atoms with Crippen molar-refractivity contribution >= 4 is 23.2 Å². The molecule has 0 atom stereocenters. The first-order valence-corrected chi connectivity index (χ1v) is 9.48. The van der Waals surface area contributed by atoms with Crippen LogP contribution in [0.15, 0.2) is 36.4 Å². The average molecular weight is 356 g/mol. The van der Waals surface area contributed by atoms with E-state index >= 15 is 0 Å². The molecule has 0 saturated carbocycles. The fourth-order valence-corrected chi connectivity index (χ4v) is 4.05. The Labute approximate surface area is 153 Å². The Morgan fingerprint density at radius 3 is 2.52 bits per heavy atom. The standard InChI is InChI=1S/C20H24N2O2S/c1-14-9-11-22(12-10-14)19(23)16-6-4-5-15(13-16)17-7-8-18(25-17)20(24)21(2)3/h4-8,13-14H,9-12H2,1-3H3. The molecule has 0 radical (unpaired) electrons. The predicted molar refractivity (Wildman–Crippen MR) is 102 cm³/mol. The summed E-state index contributed by atoms with van der Waals surface area (Å²) in [5, 5.41) is 0. The van der Waals surface area contributed by atoms with Crippen molar-refractivity contribution in [3.8, 4) is 10.4 Å². The molecule has 2 heterocycles. The lowest BCUT2D eigenvalue weighted by atomic mass is 9.98. The van der Waals surface area contributed by atoms with Crippen LogP contribution in [0.4, 0.5) is 0 Å². The number of carbonyl (C=O) groups is 2. The van der Waals surface area contributed by atoms with Gasteiger partial charge in [0.1, 0.15) is 0 Å². The van der Waals surface area contributed by atoms with Crippen LogP contribution in [0, 0.1) is 5.92 Å². The van der Waals surface area contributed by atoms with Crippen LogP contribution >= 0.6 is 11.3 Å². The Morgan fingerprint density at radius 1 is 1.12 bits per heavy atom. The molecule has 0 unspecified atom stereocenters. The van der Waals surface area contributed by atoms with E-state index < -0.39 is 0 Å². The van der Waals surface area contributed by atoms with E-state index in [0.29, 0.717) is 10.8 Å². The second kappa shape index (κ2) is 7.40. The molecule has 4 nitrogen and oxygen atoms in total. The highest BCUT2D eigenvalue weighted by atomic mass is 32.1. The second-order valence-corrected chi connectivity index (χ2v) is 8.00. The molecule has 1 fully saturated rings. The smallest absolute Gasteiger partial charge is 0.263 e. The number of piperidine rings is 1. The number of amides is 2. The molecule has 0 N–H and O–H groups in total. The molecule has 5 heteroatoms. The maximum atomic E-state index is 12.8. The summed E-state index contributed by atoms with van der Waals surface area (Å²) >= 11 is 1.46. The van der Waals surface area contributed by atoms with Crippen molar-refractivity contribution in [2.75, 3.05) is 27.2 Å². The van der Waals surface area contributed by atoms with E-state index in [0.717, 1.165) is 41.9 Å². The normalized spacial score (nSPS) is 15.2. The number of benzene rings is 1. The highest BCUT2D eigenvalue weighted by molar-refractivity contribution is 7.17. The van der Waals surface area contributed by atoms with Gasteiger partial charge in [0, 0.05) is 37.6 Å². The van der Waals surface area contributed by atoms with Gasteiger partial charge in [0.15, 0.2) is 0 Å². The summed E-state index contributed by atoms with van der Waals surface area (Å²) in [4.78, 5) is 30.1. The van der Waals surface area contributed by atoms with Crippen molar-refractivity contribution in [2.24, 2.45) is 5.92 Å². The number of hydrogen-bond donors (Lipinski definition) is 0. The van der Waals surface area contributed by atoms with Crippen LogP contribution in [-0.2, 0) is 0 Å². The second-order valence-electron chi connectivity index (χ2n) is 6.92. The van der Waals surface area contributed by atoms with Crippen LogP contribution in [0.25, 0.3) is 10.4 Å². The van der Waals surface area contributed by atoms with Gasteiger partial charge in [0.25, 0.3) is 11.8 Å². The Balaban J connectivity index is 1.80. The van der Waals surface area contributed by atoms with Crippen molar-refractivity contribution in [3.63, 3.8) is 0 Å². The number of carbonyl (C=O) groups excluding carboxylic acids is 2. The van der Waals surface area contributed by atoms with Crippen LogP contribution in [-0.4, -0.2) is 48.8 Å². The summed E-state index contributed by atoms with van der Waals surface area (Å²) in [5.41, 5.74) is 1.71. The van der Waals surface area contributed by atoms with Crippen LogP contribution in [0.1, 0.15) is 39.8 Å². The minimum atomic E-state index is 0.00548. The van der Waals surface area contributed by atoms with E-state index in [2.05, 4.69) is 6.92 Å². The first-order valence-electron chi connectivity index (χ1n) is 8.67. The maximum Gasteiger partial charge on any atom is 0.263 e. The molecule has 0 bridgehead atoms. The van der Waals surface area contributed by atoms with Gasteiger partial charge in [0.05, 0.1) is 4.88 Å². The molecular formula is C20H24N2O2S. The summed E-state index contributed by atoms with van der Waals surface area (Å²) in [6.07, 6.45) is 2.15. The third-order valence-electron chi connectivity index (χ3n) is 4.69. The van der Waals surface area contributed by atoms with Gasteiger partial charge >= 0.3 is 0 Å². The van der Waals surface area contributed by atoms with Crippen molar-refractivity contribution in [1.82, 2.24) is 9.80 Å². The fourth-order valence-electron chi connectivity index (χ4n) is 3.03. The summed E-state index contributed by atoms with van der Waals surface area (Å²) in [6.45, 7) is 3.92. The van der Waals surface area contributed by atoms with Gasteiger partial charge in [-0.2, -0.15) is 0 Å². The van der Waals surface area contributed by atoms with Crippen molar-refractivity contribution < 1.29 is 9.59 Å². The highest BCUT2D eigenvalue weighted by Crippen LogP contribution is 2.30. The van der Waals surface area contributed by atoms with Gasteiger partial charge in [-0.25, -0.2) is 0 Å². The van der Waals surface area contributed by atoms with E-state index in [1.807, 2.05) is 41.3 Å². The molecule has 0 spiro atoms. The lowest BCUT2D eigenvalue weighted by Gasteiger charge is -2.30. The van der Waals surface area contributed by atoms with E-state index in [1.54, 1.807) is 19.0 Å². The monoisotopic (exact) mass is 356 g/mol. The van der Waals surface area contributed by atoms with Gasteiger partial charge in [0.2, 0.25) is 0 Å². The van der Waals surface area contributed by atoms with Crippen molar-refractivity contribution in [1.29, 1.82) is 0 Å². The topological polar surface area (TPSA) is 40.6 Å². The van der Waals surface area contributed by atoms with Crippen LogP contribution in [0.5, 0.6) is 0 Å². The van der Waals surface area contributed by atoms with Gasteiger partial charge in [-0.1, -0.05) is 19.1 Å². The quantitative estimate of drug-likeness (QED) is 0.834. The Hall–Kier alpha value is -2.14. The van der Waals surface area contributed by atoms with Crippen molar-refractivity contribution in [2.45, 2.75) is 19.8 Å².